The largest absolute Gasteiger partial charge is 0.326 e. The normalized spacial score (nSPS) is 15.9. The molecule has 1 aliphatic heterocycles. The van der Waals surface area contributed by atoms with Crippen LogP contribution < -0.4 is 5.32 Å². The molecule has 1 fully saturated rings. The highest BCUT2D eigenvalue weighted by Gasteiger charge is 2.24. The number of benzene rings is 2. The van der Waals surface area contributed by atoms with Gasteiger partial charge in [0.25, 0.3) is 0 Å². The Morgan fingerprint density at radius 1 is 0.889 bits per heavy atom. The Balaban J connectivity index is 1.58. The van der Waals surface area contributed by atoms with Gasteiger partial charge in [-0.1, -0.05) is 43.2 Å². The van der Waals surface area contributed by atoms with Crippen LogP contribution in [0.5, 0.6) is 0 Å². The van der Waals surface area contributed by atoms with E-state index in [1.807, 2.05) is 30.3 Å². The summed E-state index contributed by atoms with van der Waals surface area (Å²) in [6, 6.07) is 16.3. The lowest BCUT2D eigenvalue weighted by atomic mass is 10.1. The highest BCUT2D eigenvalue weighted by Crippen LogP contribution is 2.22. The molecule has 6 heteroatoms. The maximum atomic E-state index is 12.8. The molecule has 1 amide bonds. The first kappa shape index (κ1) is 19.6. The fraction of sp³-hybridized carbons (Fsp3) is 0.381. The number of rotatable bonds is 6. The molecule has 0 aromatic heterocycles. The molecule has 1 heterocycles. The minimum atomic E-state index is -3.46. The molecule has 0 bridgehead atoms. The van der Waals surface area contributed by atoms with Gasteiger partial charge in [0.2, 0.25) is 15.9 Å². The van der Waals surface area contributed by atoms with Crippen molar-refractivity contribution < 1.29 is 13.2 Å². The van der Waals surface area contributed by atoms with Crippen LogP contribution in [0.15, 0.2) is 59.5 Å². The van der Waals surface area contributed by atoms with Crippen LogP contribution in [0.2, 0.25) is 0 Å². The second-order valence-corrected chi connectivity index (χ2v) is 8.81. The Morgan fingerprint density at radius 2 is 1.52 bits per heavy atom. The van der Waals surface area contributed by atoms with E-state index in [1.165, 1.54) is 0 Å². The standard InChI is InChI=1S/C21H26N2O3S/c24-21(15-10-18-8-4-3-5-9-18)22-19-11-13-20(14-12-19)27(25,26)23-16-6-1-2-7-17-23/h3-5,8-9,11-14H,1-2,6-7,10,15-17H2,(H,22,24). The van der Waals surface area contributed by atoms with Crippen molar-refractivity contribution in [1.29, 1.82) is 0 Å². The summed E-state index contributed by atoms with van der Waals surface area (Å²) in [6.07, 6.45) is 5.05. The summed E-state index contributed by atoms with van der Waals surface area (Å²) in [6.45, 7) is 1.17. The van der Waals surface area contributed by atoms with Gasteiger partial charge in [-0.3, -0.25) is 4.79 Å². The third kappa shape index (κ3) is 5.40. The van der Waals surface area contributed by atoms with E-state index in [4.69, 9.17) is 0 Å². The number of amides is 1. The number of nitrogens with zero attached hydrogens (tertiary/aromatic N) is 1. The highest BCUT2D eigenvalue weighted by molar-refractivity contribution is 7.89. The molecule has 1 saturated heterocycles. The highest BCUT2D eigenvalue weighted by atomic mass is 32.2. The van der Waals surface area contributed by atoms with Crippen LogP contribution in [0.3, 0.4) is 0 Å². The van der Waals surface area contributed by atoms with Gasteiger partial charge in [-0.15, -0.1) is 0 Å². The molecule has 0 atom stereocenters. The first-order chi connectivity index (χ1) is 13.1. The molecule has 0 spiro atoms. The van der Waals surface area contributed by atoms with Gasteiger partial charge in [-0.25, -0.2) is 8.42 Å². The van der Waals surface area contributed by atoms with Gasteiger partial charge < -0.3 is 5.32 Å². The number of carbonyl (C=O) groups is 1. The van der Waals surface area contributed by atoms with Crippen LogP contribution in [-0.2, 0) is 21.2 Å². The zero-order chi connectivity index (χ0) is 19.1. The number of sulfonamides is 1. The zero-order valence-electron chi connectivity index (χ0n) is 15.4. The summed E-state index contributed by atoms with van der Waals surface area (Å²) in [5.41, 5.74) is 1.73. The summed E-state index contributed by atoms with van der Waals surface area (Å²) in [5, 5.41) is 2.83. The first-order valence-corrected chi connectivity index (χ1v) is 10.9. The van der Waals surface area contributed by atoms with Crippen molar-refractivity contribution in [2.24, 2.45) is 0 Å². The van der Waals surface area contributed by atoms with Crippen LogP contribution in [0.25, 0.3) is 0 Å². The average Bonchev–Trinajstić information content (AvgIpc) is 2.98. The minimum absolute atomic E-state index is 0.0815. The van der Waals surface area contributed by atoms with Crippen LogP contribution in [0.4, 0.5) is 5.69 Å². The molecule has 0 unspecified atom stereocenters. The maximum Gasteiger partial charge on any atom is 0.243 e. The lowest BCUT2D eigenvalue weighted by molar-refractivity contribution is -0.116. The lowest BCUT2D eigenvalue weighted by Gasteiger charge is -2.20. The van der Waals surface area contributed by atoms with Crippen molar-refractivity contribution in [3.05, 3.63) is 60.2 Å². The van der Waals surface area contributed by atoms with Crippen molar-refractivity contribution >= 4 is 21.6 Å². The second kappa shape index (κ2) is 9.15. The molecule has 0 saturated carbocycles. The van der Waals surface area contributed by atoms with Crippen molar-refractivity contribution in [2.75, 3.05) is 18.4 Å². The molecule has 144 valence electrons. The Hall–Kier alpha value is -2.18. The summed E-state index contributed by atoms with van der Waals surface area (Å²) in [5.74, 6) is -0.0815. The fourth-order valence-electron chi connectivity index (χ4n) is 3.27. The quantitative estimate of drug-likeness (QED) is 0.821. The van der Waals surface area contributed by atoms with Crippen molar-refractivity contribution in [2.45, 2.75) is 43.4 Å². The molecular formula is C21H26N2O3S. The minimum Gasteiger partial charge on any atom is -0.326 e. The van der Waals surface area contributed by atoms with Crippen LogP contribution in [-0.4, -0.2) is 31.7 Å². The molecule has 2 aromatic carbocycles. The summed E-state index contributed by atoms with van der Waals surface area (Å²) >= 11 is 0. The third-order valence-electron chi connectivity index (χ3n) is 4.82. The predicted octanol–water partition coefficient (Wildman–Crippen LogP) is 3.82. The Morgan fingerprint density at radius 3 is 2.15 bits per heavy atom. The van der Waals surface area contributed by atoms with Gasteiger partial charge in [0, 0.05) is 25.2 Å². The molecule has 1 N–H and O–H groups in total. The number of carbonyl (C=O) groups excluding carboxylic acids is 1. The SMILES string of the molecule is O=C(CCc1ccccc1)Nc1ccc(S(=O)(=O)N2CCCCCC2)cc1. The van der Waals surface area contributed by atoms with Crippen LogP contribution in [0.1, 0.15) is 37.7 Å². The molecule has 3 rings (SSSR count). The van der Waals surface area contributed by atoms with Crippen molar-refractivity contribution in [3.8, 4) is 0 Å². The number of nitrogens with one attached hydrogen (secondary N) is 1. The topological polar surface area (TPSA) is 66.5 Å². The molecule has 2 aromatic rings. The fourth-order valence-corrected chi connectivity index (χ4v) is 4.78. The summed E-state index contributed by atoms with van der Waals surface area (Å²) in [4.78, 5) is 12.4. The number of anilines is 1. The van der Waals surface area contributed by atoms with E-state index in [1.54, 1.807) is 28.6 Å². The Labute approximate surface area is 161 Å². The molecule has 27 heavy (non-hydrogen) atoms. The smallest absolute Gasteiger partial charge is 0.243 e. The Bertz CT molecular complexity index is 841. The van der Waals surface area contributed by atoms with E-state index in [9.17, 15) is 13.2 Å². The molecular weight excluding hydrogens is 360 g/mol. The van der Waals surface area contributed by atoms with Crippen LogP contribution >= 0.6 is 0 Å². The van der Waals surface area contributed by atoms with Crippen LogP contribution in [0, 0.1) is 0 Å². The Kier molecular flexibility index (Phi) is 6.63. The third-order valence-corrected chi connectivity index (χ3v) is 6.74. The zero-order valence-corrected chi connectivity index (χ0v) is 16.2. The van der Waals surface area contributed by atoms with E-state index in [0.29, 0.717) is 31.6 Å². The monoisotopic (exact) mass is 386 g/mol. The average molecular weight is 387 g/mol. The van der Waals surface area contributed by atoms with Gasteiger partial charge in [-0.2, -0.15) is 4.31 Å². The van der Waals surface area contributed by atoms with Crippen molar-refractivity contribution in [1.82, 2.24) is 4.31 Å². The first-order valence-electron chi connectivity index (χ1n) is 9.50. The van der Waals surface area contributed by atoms with Gasteiger partial charge >= 0.3 is 0 Å². The van der Waals surface area contributed by atoms with Crippen molar-refractivity contribution in [3.63, 3.8) is 0 Å². The summed E-state index contributed by atoms with van der Waals surface area (Å²) in [7, 11) is -3.46. The van der Waals surface area contributed by atoms with Gasteiger partial charge in [0.1, 0.15) is 0 Å². The van der Waals surface area contributed by atoms with Gasteiger partial charge in [-0.05, 0) is 49.1 Å². The van der Waals surface area contributed by atoms with E-state index < -0.39 is 10.0 Å². The van der Waals surface area contributed by atoms with E-state index in [0.717, 1.165) is 31.2 Å². The number of hydrogen-bond acceptors (Lipinski definition) is 3. The maximum absolute atomic E-state index is 12.8. The van der Waals surface area contributed by atoms with E-state index >= 15 is 0 Å². The van der Waals surface area contributed by atoms with Gasteiger partial charge in [0.05, 0.1) is 4.90 Å². The molecule has 0 aliphatic carbocycles. The predicted molar refractivity (Wildman–Crippen MR) is 107 cm³/mol. The number of hydrogen-bond donors (Lipinski definition) is 1. The number of aryl methyl sites for hydroxylation is 1. The van der Waals surface area contributed by atoms with E-state index in [-0.39, 0.29) is 10.8 Å². The lowest BCUT2D eigenvalue weighted by Crippen LogP contribution is -2.31. The van der Waals surface area contributed by atoms with E-state index in [2.05, 4.69) is 5.32 Å². The second-order valence-electron chi connectivity index (χ2n) is 6.88. The molecule has 1 aliphatic rings. The molecule has 0 radical (unpaired) electrons. The summed E-state index contributed by atoms with van der Waals surface area (Å²) < 4.78 is 27.1. The van der Waals surface area contributed by atoms with Gasteiger partial charge in [0.15, 0.2) is 0 Å². The molecule has 5 nitrogen and oxygen atoms in total.